The van der Waals surface area contributed by atoms with Crippen molar-refractivity contribution in [2.45, 2.75) is 12.8 Å². The lowest BCUT2D eigenvalue weighted by atomic mass is 9.97. The first-order valence-electron chi connectivity index (χ1n) is 7.55. The summed E-state index contributed by atoms with van der Waals surface area (Å²) in [5.74, 6) is -1.44. The van der Waals surface area contributed by atoms with Crippen molar-refractivity contribution in [2.24, 2.45) is 5.92 Å². The molecule has 0 saturated carbocycles. The smallest absolute Gasteiger partial charge is 0.306 e. The SMILES string of the molecule is O=C(O)C1CCN(c2cc(Nc3ccc(F)cc3F)ncn2)CC1. The van der Waals surface area contributed by atoms with E-state index in [2.05, 4.69) is 15.3 Å². The van der Waals surface area contributed by atoms with Gasteiger partial charge in [0.05, 0.1) is 11.6 Å². The summed E-state index contributed by atoms with van der Waals surface area (Å²) in [6.45, 7) is 1.16. The lowest BCUT2D eigenvalue weighted by Crippen LogP contribution is -2.36. The molecular weight excluding hydrogens is 318 g/mol. The first-order valence-corrected chi connectivity index (χ1v) is 7.55. The molecule has 24 heavy (non-hydrogen) atoms. The molecule has 1 aliphatic rings. The van der Waals surface area contributed by atoms with Crippen molar-refractivity contribution in [3.8, 4) is 0 Å². The van der Waals surface area contributed by atoms with Crippen LogP contribution in [0.15, 0.2) is 30.6 Å². The second kappa shape index (κ2) is 6.77. The molecule has 0 bridgehead atoms. The van der Waals surface area contributed by atoms with E-state index in [9.17, 15) is 13.6 Å². The summed E-state index contributed by atoms with van der Waals surface area (Å²) in [6, 6.07) is 4.90. The van der Waals surface area contributed by atoms with E-state index in [0.717, 1.165) is 12.1 Å². The van der Waals surface area contributed by atoms with Gasteiger partial charge in [-0.3, -0.25) is 4.79 Å². The van der Waals surface area contributed by atoms with E-state index in [1.807, 2.05) is 4.90 Å². The number of aliphatic carboxylic acids is 1. The summed E-state index contributed by atoms with van der Waals surface area (Å²) >= 11 is 0. The van der Waals surface area contributed by atoms with Crippen molar-refractivity contribution in [2.75, 3.05) is 23.3 Å². The number of anilines is 3. The van der Waals surface area contributed by atoms with Crippen LogP contribution in [-0.4, -0.2) is 34.1 Å². The van der Waals surface area contributed by atoms with E-state index in [4.69, 9.17) is 5.11 Å². The van der Waals surface area contributed by atoms with E-state index in [1.165, 1.54) is 12.4 Å². The molecule has 0 spiro atoms. The minimum Gasteiger partial charge on any atom is -0.481 e. The molecule has 126 valence electrons. The van der Waals surface area contributed by atoms with Crippen molar-refractivity contribution >= 4 is 23.3 Å². The van der Waals surface area contributed by atoms with Gasteiger partial charge in [0, 0.05) is 25.2 Å². The molecule has 6 nitrogen and oxygen atoms in total. The highest BCUT2D eigenvalue weighted by molar-refractivity contribution is 5.70. The van der Waals surface area contributed by atoms with Crippen LogP contribution in [0, 0.1) is 17.6 Å². The van der Waals surface area contributed by atoms with Gasteiger partial charge in [-0.05, 0) is 25.0 Å². The fourth-order valence-electron chi connectivity index (χ4n) is 2.67. The molecule has 1 aliphatic heterocycles. The van der Waals surface area contributed by atoms with Crippen LogP contribution in [0.1, 0.15) is 12.8 Å². The first-order chi connectivity index (χ1) is 11.5. The Morgan fingerprint density at radius 2 is 1.96 bits per heavy atom. The Balaban J connectivity index is 1.71. The maximum atomic E-state index is 13.7. The highest BCUT2D eigenvalue weighted by Crippen LogP contribution is 2.25. The van der Waals surface area contributed by atoms with Crippen molar-refractivity contribution in [1.82, 2.24) is 9.97 Å². The Hall–Kier alpha value is -2.77. The number of carboxylic acid groups (broad SMARTS) is 1. The molecule has 2 heterocycles. The number of benzene rings is 1. The number of nitrogens with one attached hydrogen (secondary N) is 1. The van der Waals surface area contributed by atoms with Gasteiger partial charge in [0.15, 0.2) is 0 Å². The zero-order valence-corrected chi connectivity index (χ0v) is 12.7. The number of carbonyl (C=O) groups is 1. The van der Waals surface area contributed by atoms with Crippen LogP contribution in [-0.2, 0) is 4.79 Å². The van der Waals surface area contributed by atoms with Gasteiger partial charge in [0.25, 0.3) is 0 Å². The Bertz CT molecular complexity index is 749. The topological polar surface area (TPSA) is 78.4 Å². The van der Waals surface area contributed by atoms with Crippen LogP contribution in [0.3, 0.4) is 0 Å². The van der Waals surface area contributed by atoms with E-state index in [-0.39, 0.29) is 11.6 Å². The Labute approximate surface area is 137 Å². The molecule has 0 radical (unpaired) electrons. The number of nitrogens with zero attached hydrogens (tertiary/aromatic N) is 3. The van der Waals surface area contributed by atoms with Gasteiger partial charge < -0.3 is 15.3 Å². The van der Waals surface area contributed by atoms with Crippen LogP contribution in [0.4, 0.5) is 26.1 Å². The standard InChI is InChI=1S/C16H16F2N4O2/c17-11-1-2-13(12(18)7-11)21-14-8-15(20-9-19-14)22-5-3-10(4-6-22)16(23)24/h1-2,7-10H,3-6H2,(H,23,24)(H,19,20,21). The number of rotatable bonds is 4. The van der Waals surface area contributed by atoms with Gasteiger partial charge in [-0.2, -0.15) is 0 Å². The second-order valence-corrected chi connectivity index (χ2v) is 5.61. The second-order valence-electron chi connectivity index (χ2n) is 5.61. The minimum absolute atomic E-state index is 0.116. The van der Waals surface area contributed by atoms with Crippen molar-refractivity contribution in [3.05, 3.63) is 42.2 Å². The van der Waals surface area contributed by atoms with Crippen molar-refractivity contribution < 1.29 is 18.7 Å². The highest BCUT2D eigenvalue weighted by Gasteiger charge is 2.25. The summed E-state index contributed by atoms with van der Waals surface area (Å²) in [7, 11) is 0. The zero-order chi connectivity index (χ0) is 17.1. The fourth-order valence-corrected chi connectivity index (χ4v) is 2.67. The lowest BCUT2D eigenvalue weighted by Gasteiger charge is -2.31. The van der Waals surface area contributed by atoms with Crippen LogP contribution < -0.4 is 10.2 Å². The normalized spacial score (nSPS) is 15.3. The van der Waals surface area contributed by atoms with Crippen molar-refractivity contribution in [1.29, 1.82) is 0 Å². The fraction of sp³-hybridized carbons (Fsp3) is 0.312. The summed E-state index contributed by atoms with van der Waals surface area (Å²) in [4.78, 5) is 21.2. The summed E-state index contributed by atoms with van der Waals surface area (Å²) in [6.07, 6.45) is 2.45. The number of aromatic nitrogens is 2. The maximum Gasteiger partial charge on any atom is 0.306 e. The molecule has 1 aromatic carbocycles. The van der Waals surface area contributed by atoms with Crippen LogP contribution in [0.2, 0.25) is 0 Å². The molecule has 8 heteroatoms. The third kappa shape index (κ3) is 3.58. The van der Waals surface area contributed by atoms with Gasteiger partial charge in [-0.15, -0.1) is 0 Å². The molecule has 0 unspecified atom stereocenters. The number of hydrogen-bond acceptors (Lipinski definition) is 5. The zero-order valence-electron chi connectivity index (χ0n) is 12.7. The third-order valence-electron chi connectivity index (χ3n) is 4.01. The van der Waals surface area contributed by atoms with Gasteiger partial charge in [0.2, 0.25) is 0 Å². The number of halogens is 2. The quantitative estimate of drug-likeness (QED) is 0.895. The maximum absolute atomic E-state index is 13.7. The Morgan fingerprint density at radius 3 is 2.62 bits per heavy atom. The van der Waals surface area contributed by atoms with Crippen LogP contribution in [0.5, 0.6) is 0 Å². The molecule has 0 amide bonds. The highest BCUT2D eigenvalue weighted by atomic mass is 19.1. The first kappa shape index (κ1) is 16.1. The molecule has 0 atom stereocenters. The van der Waals surface area contributed by atoms with Crippen LogP contribution >= 0.6 is 0 Å². The summed E-state index contributed by atoms with van der Waals surface area (Å²) in [5.41, 5.74) is 0.116. The number of hydrogen-bond donors (Lipinski definition) is 2. The van der Waals surface area contributed by atoms with E-state index in [1.54, 1.807) is 6.07 Å². The lowest BCUT2D eigenvalue weighted by molar-refractivity contribution is -0.142. The molecule has 1 saturated heterocycles. The average molecular weight is 334 g/mol. The van der Waals surface area contributed by atoms with Crippen molar-refractivity contribution in [3.63, 3.8) is 0 Å². The number of piperidine rings is 1. The van der Waals surface area contributed by atoms with E-state index < -0.39 is 17.6 Å². The number of carboxylic acids is 1. The molecule has 0 aliphatic carbocycles. The largest absolute Gasteiger partial charge is 0.481 e. The molecule has 2 aromatic rings. The average Bonchev–Trinajstić information content (AvgIpc) is 2.58. The molecule has 1 aromatic heterocycles. The predicted octanol–water partition coefficient (Wildman–Crippen LogP) is 2.80. The third-order valence-corrected chi connectivity index (χ3v) is 4.01. The van der Waals surface area contributed by atoms with Gasteiger partial charge in [-0.25, -0.2) is 18.7 Å². The predicted molar refractivity (Wildman–Crippen MR) is 84.2 cm³/mol. The van der Waals surface area contributed by atoms with E-state index in [0.29, 0.717) is 37.6 Å². The van der Waals surface area contributed by atoms with Gasteiger partial charge in [0.1, 0.15) is 29.6 Å². The monoisotopic (exact) mass is 334 g/mol. The van der Waals surface area contributed by atoms with Gasteiger partial charge in [-0.1, -0.05) is 0 Å². The molecule has 2 N–H and O–H groups in total. The summed E-state index contributed by atoms with van der Waals surface area (Å²) in [5, 5.41) is 11.8. The minimum atomic E-state index is -0.772. The Kier molecular flexibility index (Phi) is 4.54. The van der Waals surface area contributed by atoms with Gasteiger partial charge >= 0.3 is 5.97 Å². The molecular formula is C16H16F2N4O2. The summed E-state index contributed by atoms with van der Waals surface area (Å²) < 4.78 is 26.6. The Morgan fingerprint density at radius 1 is 1.21 bits per heavy atom. The molecule has 1 fully saturated rings. The van der Waals surface area contributed by atoms with Crippen LogP contribution in [0.25, 0.3) is 0 Å². The molecule has 3 rings (SSSR count). The van der Waals surface area contributed by atoms with E-state index >= 15 is 0 Å².